The molecule has 2 heterocycles. The summed E-state index contributed by atoms with van der Waals surface area (Å²) in [6.45, 7) is 6.46. The van der Waals surface area contributed by atoms with E-state index in [0.717, 1.165) is 16.8 Å². The van der Waals surface area contributed by atoms with E-state index in [1.807, 2.05) is 38.1 Å². The van der Waals surface area contributed by atoms with Crippen LogP contribution in [-0.2, 0) is 16.1 Å². The van der Waals surface area contributed by atoms with Crippen LogP contribution in [0.15, 0.2) is 30.3 Å². The highest BCUT2D eigenvalue weighted by atomic mass is 35.5. The minimum Gasteiger partial charge on any atom is -0.339 e. The van der Waals surface area contributed by atoms with Crippen molar-refractivity contribution < 1.29 is 9.59 Å². The molecule has 0 spiro atoms. The highest BCUT2D eigenvalue weighted by Crippen LogP contribution is 2.23. The van der Waals surface area contributed by atoms with Gasteiger partial charge in [-0.2, -0.15) is 5.10 Å². The Labute approximate surface area is 180 Å². The zero-order chi connectivity index (χ0) is 21.0. The molecule has 2 aromatic rings. The Balaban J connectivity index is 1.64. The zero-order valence-corrected chi connectivity index (χ0v) is 18.1. The molecule has 3 rings (SSSR count). The average Bonchev–Trinajstić information content (AvgIpc) is 3.00. The van der Waals surface area contributed by atoms with E-state index in [2.05, 4.69) is 5.10 Å². The zero-order valence-electron chi connectivity index (χ0n) is 16.6. The molecule has 0 bridgehead atoms. The number of aromatic nitrogens is 2. The Morgan fingerprint density at radius 2 is 1.69 bits per heavy atom. The summed E-state index contributed by atoms with van der Waals surface area (Å²) >= 11 is 12.4. The number of benzene rings is 1. The number of aryl methyl sites for hydroxylation is 1. The van der Waals surface area contributed by atoms with Gasteiger partial charge in [0.1, 0.15) is 5.15 Å². The summed E-state index contributed by atoms with van der Waals surface area (Å²) < 4.78 is 1.71. The van der Waals surface area contributed by atoms with Crippen LogP contribution in [-0.4, -0.2) is 57.6 Å². The first-order valence-corrected chi connectivity index (χ1v) is 10.4. The Kier molecular flexibility index (Phi) is 6.98. The van der Waals surface area contributed by atoms with Crippen LogP contribution >= 0.6 is 23.2 Å². The molecule has 0 radical (unpaired) electrons. The van der Waals surface area contributed by atoms with Crippen molar-refractivity contribution in [2.45, 2.75) is 26.8 Å². The van der Waals surface area contributed by atoms with Crippen molar-refractivity contribution in [1.82, 2.24) is 19.6 Å². The van der Waals surface area contributed by atoms with Crippen LogP contribution in [0.2, 0.25) is 10.2 Å². The highest BCUT2D eigenvalue weighted by Gasteiger charge is 2.22. The molecule has 1 aromatic carbocycles. The van der Waals surface area contributed by atoms with Crippen LogP contribution in [0.1, 0.15) is 30.2 Å². The van der Waals surface area contributed by atoms with Gasteiger partial charge in [0, 0.05) is 49.3 Å². The third kappa shape index (κ3) is 5.19. The lowest BCUT2D eigenvalue weighted by Crippen LogP contribution is -2.50. The Hall–Kier alpha value is -2.31. The Morgan fingerprint density at radius 3 is 2.31 bits per heavy atom. The second-order valence-electron chi connectivity index (χ2n) is 6.97. The molecule has 1 aliphatic heterocycles. The molecule has 1 fully saturated rings. The van der Waals surface area contributed by atoms with Gasteiger partial charge in [0.2, 0.25) is 11.8 Å². The van der Waals surface area contributed by atoms with Crippen molar-refractivity contribution in [2.24, 2.45) is 0 Å². The van der Waals surface area contributed by atoms with Gasteiger partial charge in [-0.25, -0.2) is 4.68 Å². The van der Waals surface area contributed by atoms with E-state index in [0.29, 0.717) is 49.3 Å². The van der Waals surface area contributed by atoms with Crippen molar-refractivity contribution in [3.05, 3.63) is 57.3 Å². The predicted molar refractivity (Wildman–Crippen MR) is 115 cm³/mol. The first-order valence-electron chi connectivity index (χ1n) is 9.61. The summed E-state index contributed by atoms with van der Waals surface area (Å²) in [5.41, 5.74) is 2.52. The first kappa shape index (κ1) is 21.4. The summed E-state index contributed by atoms with van der Waals surface area (Å²) in [6.07, 6.45) is 3.74. The quantitative estimate of drug-likeness (QED) is 0.674. The molecule has 0 saturated carbocycles. The minimum atomic E-state index is -0.0884. The summed E-state index contributed by atoms with van der Waals surface area (Å²) in [4.78, 5) is 27.8. The van der Waals surface area contributed by atoms with Crippen LogP contribution in [0.3, 0.4) is 0 Å². The predicted octanol–water partition coefficient (Wildman–Crippen LogP) is 3.64. The lowest BCUT2D eigenvalue weighted by molar-refractivity contribution is -0.136. The fourth-order valence-corrected chi connectivity index (χ4v) is 3.71. The van der Waals surface area contributed by atoms with E-state index in [-0.39, 0.29) is 11.8 Å². The normalized spacial score (nSPS) is 14.6. The van der Waals surface area contributed by atoms with Gasteiger partial charge in [-0.05, 0) is 30.7 Å². The molecule has 6 nitrogen and oxygen atoms in total. The van der Waals surface area contributed by atoms with Crippen LogP contribution in [0.25, 0.3) is 6.08 Å². The van der Waals surface area contributed by atoms with Gasteiger partial charge in [0.25, 0.3) is 0 Å². The molecule has 1 aromatic heterocycles. The maximum atomic E-state index is 12.5. The van der Waals surface area contributed by atoms with Gasteiger partial charge in [-0.1, -0.05) is 42.3 Å². The van der Waals surface area contributed by atoms with Crippen molar-refractivity contribution >= 4 is 41.1 Å². The second kappa shape index (κ2) is 9.46. The highest BCUT2D eigenvalue weighted by molar-refractivity contribution is 6.31. The number of hydrogen-bond donors (Lipinski definition) is 0. The topological polar surface area (TPSA) is 58.4 Å². The number of rotatable bonds is 5. The number of carbonyl (C=O) groups is 2. The molecule has 2 amide bonds. The van der Waals surface area contributed by atoms with Crippen molar-refractivity contribution in [3.63, 3.8) is 0 Å². The lowest BCUT2D eigenvalue weighted by Gasteiger charge is -2.34. The van der Waals surface area contributed by atoms with Gasteiger partial charge >= 0.3 is 0 Å². The molecule has 154 valence electrons. The third-order valence-corrected chi connectivity index (χ3v) is 5.64. The summed E-state index contributed by atoms with van der Waals surface area (Å²) in [6, 6.07) is 7.51. The summed E-state index contributed by atoms with van der Waals surface area (Å²) in [5, 5.41) is 5.65. The standard InChI is InChI=1S/C21H24Cl2N4O2/c1-3-19(28)25-10-12-26(13-11-25)20(29)9-8-18-15(2)24-27(21(18)23)14-16-4-6-17(22)7-5-16/h4-9H,3,10-14H2,1-2H3/b9-8+. The minimum absolute atomic E-state index is 0.0884. The van der Waals surface area contributed by atoms with E-state index in [9.17, 15) is 9.59 Å². The van der Waals surface area contributed by atoms with Gasteiger partial charge in [-0.15, -0.1) is 0 Å². The smallest absolute Gasteiger partial charge is 0.246 e. The van der Waals surface area contributed by atoms with Gasteiger partial charge in [-0.3, -0.25) is 9.59 Å². The average molecular weight is 435 g/mol. The maximum absolute atomic E-state index is 12.5. The van der Waals surface area contributed by atoms with Gasteiger partial charge in [0.05, 0.1) is 12.2 Å². The van der Waals surface area contributed by atoms with Crippen LogP contribution in [0.5, 0.6) is 0 Å². The van der Waals surface area contributed by atoms with Gasteiger partial charge in [0.15, 0.2) is 0 Å². The lowest BCUT2D eigenvalue weighted by atomic mass is 10.2. The van der Waals surface area contributed by atoms with Crippen molar-refractivity contribution in [1.29, 1.82) is 0 Å². The fourth-order valence-electron chi connectivity index (χ4n) is 3.28. The molecule has 1 saturated heterocycles. The van der Waals surface area contributed by atoms with Crippen molar-refractivity contribution in [2.75, 3.05) is 26.2 Å². The molecule has 29 heavy (non-hydrogen) atoms. The SMILES string of the molecule is CCC(=O)N1CCN(C(=O)/C=C/c2c(C)nn(Cc3ccc(Cl)cc3)c2Cl)CC1. The van der Waals surface area contributed by atoms with Gasteiger partial charge < -0.3 is 9.80 Å². The molecular weight excluding hydrogens is 411 g/mol. The number of piperazine rings is 1. The number of carbonyl (C=O) groups excluding carboxylic acids is 2. The van der Waals surface area contributed by atoms with E-state index in [1.54, 1.807) is 20.6 Å². The number of nitrogens with zero attached hydrogens (tertiary/aromatic N) is 4. The molecule has 0 atom stereocenters. The summed E-state index contributed by atoms with van der Waals surface area (Å²) in [7, 11) is 0. The first-order chi connectivity index (χ1) is 13.9. The Morgan fingerprint density at radius 1 is 1.07 bits per heavy atom. The van der Waals surface area contributed by atoms with Crippen LogP contribution < -0.4 is 0 Å². The summed E-state index contributed by atoms with van der Waals surface area (Å²) in [5.74, 6) is 0.0395. The van der Waals surface area contributed by atoms with E-state index in [4.69, 9.17) is 23.2 Å². The van der Waals surface area contributed by atoms with E-state index in [1.165, 1.54) is 6.08 Å². The molecule has 1 aliphatic rings. The second-order valence-corrected chi connectivity index (χ2v) is 7.76. The molecule has 0 N–H and O–H groups in total. The van der Waals surface area contributed by atoms with Crippen LogP contribution in [0.4, 0.5) is 0 Å². The number of amides is 2. The maximum Gasteiger partial charge on any atom is 0.246 e. The third-order valence-electron chi connectivity index (χ3n) is 4.99. The molecular formula is C21H24Cl2N4O2. The van der Waals surface area contributed by atoms with E-state index >= 15 is 0 Å². The fraction of sp³-hybridized carbons (Fsp3) is 0.381. The van der Waals surface area contributed by atoms with E-state index < -0.39 is 0 Å². The van der Waals surface area contributed by atoms with Crippen LogP contribution in [0, 0.1) is 6.92 Å². The number of halogens is 2. The monoisotopic (exact) mass is 434 g/mol. The molecule has 0 aliphatic carbocycles. The van der Waals surface area contributed by atoms with Crippen molar-refractivity contribution in [3.8, 4) is 0 Å². The number of hydrogen-bond acceptors (Lipinski definition) is 3. The molecule has 8 heteroatoms. The Bertz CT molecular complexity index is 914. The largest absolute Gasteiger partial charge is 0.339 e. The molecule has 0 unspecified atom stereocenters.